The zero-order chi connectivity index (χ0) is 14.9. The lowest BCUT2D eigenvalue weighted by Crippen LogP contribution is -2.30. The summed E-state index contributed by atoms with van der Waals surface area (Å²) in [6.45, 7) is 14.5. The van der Waals surface area contributed by atoms with E-state index in [1.165, 1.54) is 32.1 Å². The van der Waals surface area contributed by atoms with Crippen molar-refractivity contribution >= 4 is 0 Å². The van der Waals surface area contributed by atoms with Crippen LogP contribution in [0.25, 0.3) is 0 Å². The lowest BCUT2D eigenvalue weighted by atomic mass is 10.2. The van der Waals surface area contributed by atoms with Crippen molar-refractivity contribution < 1.29 is 0 Å². The van der Waals surface area contributed by atoms with Gasteiger partial charge in [-0.05, 0) is 78.4 Å². The SMILES string of the molecule is CCCC(C)NCCCNCCCNCCCNCC. The van der Waals surface area contributed by atoms with E-state index >= 15 is 0 Å². The number of rotatable bonds is 16. The Hall–Kier alpha value is -0.160. The summed E-state index contributed by atoms with van der Waals surface area (Å²) in [6, 6.07) is 0.673. The molecule has 4 N–H and O–H groups in total. The summed E-state index contributed by atoms with van der Waals surface area (Å²) >= 11 is 0. The predicted molar refractivity (Wildman–Crippen MR) is 90.5 cm³/mol. The van der Waals surface area contributed by atoms with Crippen LogP contribution in [0.15, 0.2) is 0 Å². The molecule has 4 heteroatoms. The molecular formula is C16H38N4. The van der Waals surface area contributed by atoms with Crippen molar-refractivity contribution in [3.8, 4) is 0 Å². The van der Waals surface area contributed by atoms with Gasteiger partial charge in [0.15, 0.2) is 0 Å². The highest BCUT2D eigenvalue weighted by molar-refractivity contribution is 4.60. The van der Waals surface area contributed by atoms with E-state index in [0.29, 0.717) is 6.04 Å². The van der Waals surface area contributed by atoms with Crippen LogP contribution in [0.3, 0.4) is 0 Å². The Morgan fingerprint density at radius 2 is 1.20 bits per heavy atom. The number of nitrogens with one attached hydrogen (secondary N) is 4. The van der Waals surface area contributed by atoms with Crippen molar-refractivity contribution in [2.45, 2.75) is 58.9 Å². The summed E-state index contributed by atoms with van der Waals surface area (Å²) in [5, 5.41) is 13.9. The van der Waals surface area contributed by atoms with Crippen molar-refractivity contribution in [2.75, 3.05) is 45.8 Å². The normalized spacial score (nSPS) is 12.8. The van der Waals surface area contributed by atoms with Crippen molar-refractivity contribution in [2.24, 2.45) is 0 Å². The first kappa shape index (κ1) is 19.8. The van der Waals surface area contributed by atoms with Crippen LogP contribution < -0.4 is 21.3 Å². The first-order valence-electron chi connectivity index (χ1n) is 8.66. The summed E-state index contributed by atoms with van der Waals surface area (Å²) in [7, 11) is 0. The van der Waals surface area contributed by atoms with Crippen LogP contribution in [0, 0.1) is 0 Å². The van der Waals surface area contributed by atoms with Crippen LogP contribution in [0.1, 0.15) is 52.9 Å². The predicted octanol–water partition coefficient (Wildman–Crippen LogP) is 1.72. The van der Waals surface area contributed by atoms with Gasteiger partial charge in [-0.15, -0.1) is 0 Å². The van der Waals surface area contributed by atoms with Crippen LogP contribution in [-0.2, 0) is 0 Å². The third-order valence-corrected chi connectivity index (χ3v) is 3.41. The zero-order valence-electron chi connectivity index (χ0n) is 14.1. The summed E-state index contributed by atoms with van der Waals surface area (Å²) < 4.78 is 0. The largest absolute Gasteiger partial charge is 0.317 e. The molecule has 0 amide bonds. The molecule has 0 aromatic carbocycles. The fraction of sp³-hybridized carbons (Fsp3) is 1.00. The van der Waals surface area contributed by atoms with Crippen molar-refractivity contribution in [3.63, 3.8) is 0 Å². The van der Waals surface area contributed by atoms with Gasteiger partial charge in [0.1, 0.15) is 0 Å². The number of hydrogen-bond acceptors (Lipinski definition) is 4. The summed E-state index contributed by atoms with van der Waals surface area (Å²) in [6.07, 6.45) is 6.23. The Bertz CT molecular complexity index is 176. The minimum atomic E-state index is 0.673. The Morgan fingerprint density at radius 1 is 0.700 bits per heavy atom. The molecule has 0 aromatic rings. The Balaban J connectivity index is 2.99. The molecule has 0 aliphatic carbocycles. The zero-order valence-corrected chi connectivity index (χ0v) is 14.1. The van der Waals surface area contributed by atoms with E-state index in [2.05, 4.69) is 42.0 Å². The lowest BCUT2D eigenvalue weighted by Gasteiger charge is -2.12. The van der Waals surface area contributed by atoms with Crippen LogP contribution in [0.4, 0.5) is 0 Å². The molecule has 0 aliphatic heterocycles. The molecule has 0 aromatic heterocycles. The fourth-order valence-corrected chi connectivity index (χ4v) is 2.20. The second-order valence-electron chi connectivity index (χ2n) is 5.56. The van der Waals surface area contributed by atoms with Crippen molar-refractivity contribution in [1.82, 2.24) is 21.3 Å². The third-order valence-electron chi connectivity index (χ3n) is 3.41. The molecule has 0 bridgehead atoms. The molecule has 0 fully saturated rings. The van der Waals surface area contributed by atoms with E-state index in [1.54, 1.807) is 0 Å². The summed E-state index contributed by atoms with van der Waals surface area (Å²) in [5.41, 5.74) is 0. The maximum Gasteiger partial charge on any atom is 0.00386 e. The molecule has 0 radical (unpaired) electrons. The van der Waals surface area contributed by atoms with Crippen LogP contribution in [0.2, 0.25) is 0 Å². The van der Waals surface area contributed by atoms with Crippen molar-refractivity contribution in [1.29, 1.82) is 0 Å². The molecular weight excluding hydrogens is 248 g/mol. The summed E-state index contributed by atoms with van der Waals surface area (Å²) in [4.78, 5) is 0. The monoisotopic (exact) mass is 286 g/mol. The Labute approximate surface area is 126 Å². The quantitative estimate of drug-likeness (QED) is 0.326. The van der Waals surface area contributed by atoms with E-state index in [1.807, 2.05) is 0 Å². The van der Waals surface area contributed by atoms with E-state index in [0.717, 1.165) is 45.8 Å². The average molecular weight is 287 g/mol. The van der Waals surface area contributed by atoms with E-state index < -0.39 is 0 Å². The van der Waals surface area contributed by atoms with Crippen molar-refractivity contribution in [3.05, 3.63) is 0 Å². The van der Waals surface area contributed by atoms with Gasteiger partial charge in [0.25, 0.3) is 0 Å². The molecule has 4 nitrogen and oxygen atoms in total. The van der Waals surface area contributed by atoms with Crippen LogP contribution >= 0.6 is 0 Å². The van der Waals surface area contributed by atoms with Crippen LogP contribution in [-0.4, -0.2) is 51.9 Å². The molecule has 0 aliphatic rings. The first-order chi connectivity index (χ1) is 9.81. The highest BCUT2D eigenvalue weighted by Gasteiger charge is 1.97. The maximum absolute atomic E-state index is 3.56. The van der Waals surface area contributed by atoms with Gasteiger partial charge in [0.2, 0.25) is 0 Å². The minimum absolute atomic E-state index is 0.673. The van der Waals surface area contributed by atoms with Gasteiger partial charge in [-0.3, -0.25) is 0 Å². The average Bonchev–Trinajstić information content (AvgIpc) is 2.44. The second-order valence-corrected chi connectivity index (χ2v) is 5.56. The molecule has 1 unspecified atom stereocenters. The van der Waals surface area contributed by atoms with E-state index in [4.69, 9.17) is 0 Å². The van der Waals surface area contributed by atoms with Gasteiger partial charge in [-0.1, -0.05) is 20.3 Å². The topological polar surface area (TPSA) is 48.1 Å². The molecule has 0 saturated carbocycles. The fourth-order valence-electron chi connectivity index (χ4n) is 2.20. The van der Waals surface area contributed by atoms with Gasteiger partial charge in [0.05, 0.1) is 0 Å². The van der Waals surface area contributed by atoms with Gasteiger partial charge >= 0.3 is 0 Å². The van der Waals surface area contributed by atoms with Gasteiger partial charge in [0, 0.05) is 6.04 Å². The van der Waals surface area contributed by atoms with Crippen LogP contribution in [0.5, 0.6) is 0 Å². The summed E-state index contributed by atoms with van der Waals surface area (Å²) in [5.74, 6) is 0. The van der Waals surface area contributed by atoms with Gasteiger partial charge in [-0.2, -0.15) is 0 Å². The smallest absolute Gasteiger partial charge is 0.00386 e. The number of hydrogen-bond donors (Lipinski definition) is 4. The highest BCUT2D eigenvalue weighted by Crippen LogP contribution is 1.94. The molecule has 0 spiro atoms. The molecule has 0 heterocycles. The first-order valence-corrected chi connectivity index (χ1v) is 8.66. The molecule has 0 saturated heterocycles. The molecule has 20 heavy (non-hydrogen) atoms. The highest BCUT2D eigenvalue weighted by atomic mass is 14.9. The minimum Gasteiger partial charge on any atom is -0.317 e. The van der Waals surface area contributed by atoms with E-state index in [-0.39, 0.29) is 0 Å². The Kier molecular flexibility index (Phi) is 16.8. The van der Waals surface area contributed by atoms with Gasteiger partial charge < -0.3 is 21.3 Å². The third kappa shape index (κ3) is 15.9. The second kappa shape index (κ2) is 16.9. The Morgan fingerprint density at radius 3 is 1.70 bits per heavy atom. The standard InChI is InChI=1S/C16H38N4/c1-4-9-16(3)20-15-8-14-19-13-7-12-18-11-6-10-17-5-2/h16-20H,4-15H2,1-3H3. The molecule has 1 atom stereocenters. The van der Waals surface area contributed by atoms with Gasteiger partial charge in [-0.25, -0.2) is 0 Å². The maximum atomic E-state index is 3.56. The molecule has 122 valence electrons. The van der Waals surface area contributed by atoms with E-state index in [9.17, 15) is 0 Å². The molecule has 0 rings (SSSR count). The lowest BCUT2D eigenvalue weighted by molar-refractivity contribution is 0.490.